The van der Waals surface area contributed by atoms with Crippen LogP contribution in [0, 0.1) is 5.92 Å². The van der Waals surface area contributed by atoms with Crippen LogP contribution in [0.3, 0.4) is 0 Å². The molecule has 0 saturated carbocycles. The minimum absolute atomic E-state index is 0.0820. The van der Waals surface area contributed by atoms with Crippen molar-refractivity contribution in [2.24, 2.45) is 5.92 Å². The van der Waals surface area contributed by atoms with Gasteiger partial charge >= 0.3 is 5.97 Å². The Morgan fingerprint density at radius 1 is 1.24 bits per heavy atom. The summed E-state index contributed by atoms with van der Waals surface area (Å²) in [7, 11) is 1.61. The minimum Gasteiger partial charge on any atom is -0.497 e. The van der Waals surface area contributed by atoms with E-state index in [2.05, 4.69) is 5.32 Å². The van der Waals surface area contributed by atoms with E-state index in [1.807, 2.05) is 24.3 Å². The number of methoxy groups -OCH3 is 1. The van der Waals surface area contributed by atoms with E-state index in [0.29, 0.717) is 25.3 Å². The number of esters is 1. The molecular weight excluding hydrogens is 376 g/mol. The lowest BCUT2D eigenvalue weighted by Crippen LogP contribution is -2.32. The second-order valence-electron chi connectivity index (χ2n) is 6.81. The van der Waals surface area contributed by atoms with Crippen LogP contribution < -0.4 is 10.1 Å². The average Bonchev–Trinajstić information content (AvgIpc) is 3.37. The lowest BCUT2D eigenvalue weighted by molar-refractivity contribution is -0.152. The van der Waals surface area contributed by atoms with Gasteiger partial charge in [0.2, 0.25) is 5.91 Å². The van der Waals surface area contributed by atoms with Crippen LogP contribution in [-0.2, 0) is 32.1 Å². The molecule has 1 aliphatic rings. The molecule has 29 heavy (non-hydrogen) atoms. The molecule has 8 heteroatoms. The maximum atomic E-state index is 12.2. The molecule has 1 saturated heterocycles. The smallest absolute Gasteiger partial charge is 0.311 e. The van der Waals surface area contributed by atoms with Gasteiger partial charge in [-0.2, -0.15) is 0 Å². The fraction of sp³-hybridized carbons (Fsp3) is 0.381. The van der Waals surface area contributed by atoms with Crippen molar-refractivity contribution < 1.29 is 28.3 Å². The van der Waals surface area contributed by atoms with E-state index >= 15 is 0 Å². The van der Waals surface area contributed by atoms with Crippen LogP contribution in [0.4, 0.5) is 0 Å². The van der Waals surface area contributed by atoms with E-state index in [0.717, 1.165) is 11.3 Å². The maximum absolute atomic E-state index is 12.2. The van der Waals surface area contributed by atoms with Gasteiger partial charge in [-0.05, 0) is 36.2 Å². The molecule has 0 radical (unpaired) electrons. The van der Waals surface area contributed by atoms with Gasteiger partial charge in [0.1, 0.15) is 11.5 Å². The lowest BCUT2D eigenvalue weighted by atomic mass is 10.1. The molecule has 1 N–H and O–H groups in total. The Morgan fingerprint density at radius 2 is 2.03 bits per heavy atom. The van der Waals surface area contributed by atoms with Crippen molar-refractivity contribution in [1.29, 1.82) is 0 Å². The summed E-state index contributed by atoms with van der Waals surface area (Å²) in [6.07, 6.45) is 2.27. The summed E-state index contributed by atoms with van der Waals surface area (Å²) in [5.41, 5.74) is 1.06. The number of likely N-dealkylation sites (tertiary alicyclic amines) is 1. The molecule has 1 atom stereocenters. The van der Waals surface area contributed by atoms with Crippen LogP contribution in [0.15, 0.2) is 47.1 Å². The minimum atomic E-state index is -0.565. The first-order valence-corrected chi connectivity index (χ1v) is 9.41. The van der Waals surface area contributed by atoms with Gasteiger partial charge in [0, 0.05) is 19.5 Å². The average molecular weight is 400 g/mol. The summed E-state index contributed by atoms with van der Waals surface area (Å²) in [6, 6.07) is 11.1. The van der Waals surface area contributed by atoms with Gasteiger partial charge in [0.25, 0.3) is 5.91 Å². The number of benzene rings is 1. The second-order valence-corrected chi connectivity index (χ2v) is 6.81. The molecule has 8 nitrogen and oxygen atoms in total. The summed E-state index contributed by atoms with van der Waals surface area (Å²) in [5.74, 6) is -0.174. The molecule has 2 amide bonds. The molecule has 1 aliphatic heterocycles. The third kappa shape index (κ3) is 5.84. The normalized spacial score (nSPS) is 16.0. The number of carbonyl (C=O) groups is 3. The zero-order chi connectivity index (χ0) is 20.6. The standard InChI is InChI=1S/C21H24N2O6/c1-27-17-6-4-15(5-7-17)8-9-22-19(24)14-29-21(26)16-11-20(25)23(12-16)13-18-3-2-10-28-18/h2-7,10,16H,8-9,11-14H2,1H3,(H,22,24)/t16-/m0/s1. The number of nitrogens with one attached hydrogen (secondary N) is 1. The number of carbonyl (C=O) groups excluding carboxylic acids is 3. The third-order valence-electron chi connectivity index (χ3n) is 4.72. The number of rotatable bonds is 9. The van der Waals surface area contributed by atoms with Crippen molar-refractivity contribution >= 4 is 17.8 Å². The molecular formula is C21H24N2O6. The number of amides is 2. The van der Waals surface area contributed by atoms with Gasteiger partial charge in [0.15, 0.2) is 6.61 Å². The van der Waals surface area contributed by atoms with Crippen molar-refractivity contribution in [2.45, 2.75) is 19.4 Å². The highest BCUT2D eigenvalue weighted by Crippen LogP contribution is 2.21. The Morgan fingerprint density at radius 3 is 2.72 bits per heavy atom. The van der Waals surface area contributed by atoms with Crippen LogP contribution in [0.25, 0.3) is 0 Å². The molecule has 154 valence electrons. The van der Waals surface area contributed by atoms with Gasteiger partial charge in [0.05, 0.1) is 25.8 Å². The Hall–Kier alpha value is -3.29. The first kappa shape index (κ1) is 20.4. The van der Waals surface area contributed by atoms with Crippen molar-refractivity contribution in [2.75, 3.05) is 26.8 Å². The van der Waals surface area contributed by atoms with Crippen molar-refractivity contribution in [3.63, 3.8) is 0 Å². The number of furan rings is 1. The van der Waals surface area contributed by atoms with Crippen LogP contribution in [0.5, 0.6) is 5.75 Å². The summed E-state index contributed by atoms with van der Waals surface area (Å²) in [4.78, 5) is 37.7. The fourth-order valence-electron chi connectivity index (χ4n) is 3.12. The van der Waals surface area contributed by atoms with Crippen molar-refractivity contribution in [3.8, 4) is 5.75 Å². The molecule has 2 heterocycles. The number of ether oxygens (including phenoxy) is 2. The van der Waals surface area contributed by atoms with E-state index < -0.39 is 11.9 Å². The topological polar surface area (TPSA) is 98.1 Å². The molecule has 0 spiro atoms. The highest BCUT2D eigenvalue weighted by Gasteiger charge is 2.35. The molecule has 1 aromatic carbocycles. The zero-order valence-corrected chi connectivity index (χ0v) is 16.3. The largest absolute Gasteiger partial charge is 0.497 e. The van der Waals surface area contributed by atoms with Gasteiger partial charge in [-0.25, -0.2) is 0 Å². The number of nitrogens with zero attached hydrogens (tertiary/aromatic N) is 1. The van der Waals surface area contributed by atoms with Crippen molar-refractivity contribution in [3.05, 3.63) is 54.0 Å². The fourth-order valence-corrected chi connectivity index (χ4v) is 3.12. The molecule has 0 aliphatic carbocycles. The van der Waals surface area contributed by atoms with Gasteiger partial charge < -0.3 is 24.1 Å². The lowest BCUT2D eigenvalue weighted by Gasteiger charge is -2.14. The van der Waals surface area contributed by atoms with E-state index in [4.69, 9.17) is 13.9 Å². The molecule has 2 aromatic rings. The Labute approximate surface area is 168 Å². The highest BCUT2D eigenvalue weighted by molar-refractivity contribution is 5.88. The van der Waals surface area contributed by atoms with E-state index in [9.17, 15) is 14.4 Å². The van der Waals surface area contributed by atoms with Gasteiger partial charge in [-0.1, -0.05) is 12.1 Å². The van der Waals surface area contributed by atoms with Crippen LogP contribution in [-0.4, -0.2) is 49.5 Å². The summed E-state index contributed by atoms with van der Waals surface area (Å²) in [6.45, 7) is 0.658. The van der Waals surface area contributed by atoms with E-state index in [1.165, 1.54) is 6.26 Å². The SMILES string of the molecule is COc1ccc(CCNC(=O)COC(=O)[C@H]2CC(=O)N(Cc3ccco3)C2)cc1. The summed E-state index contributed by atoms with van der Waals surface area (Å²) in [5, 5.41) is 2.72. The van der Waals surface area contributed by atoms with E-state index in [-0.39, 0.29) is 31.4 Å². The molecule has 1 aromatic heterocycles. The van der Waals surface area contributed by atoms with Crippen LogP contribution in [0.2, 0.25) is 0 Å². The predicted molar refractivity (Wildman–Crippen MR) is 103 cm³/mol. The first-order valence-electron chi connectivity index (χ1n) is 9.41. The number of hydrogen-bond acceptors (Lipinski definition) is 6. The van der Waals surface area contributed by atoms with Crippen LogP contribution >= 0.6 is 0 Å². The number of hydrogen-bond donors (Lipinski definition) is 1. The van der Waals surface area contributed by atoms with Gasteiger partial charge in [-0.3, -0.25) is 14.4 Å². The molecule has 3 rings (SSSR count). The van der Waals surface area contributed by atoms with E-state index in [1.54, 1.807) is 24.1 Å². The Balaban J connectivity index is 1.35. The first-order chi connectivity index (χ1) is 14.0. The molecule has 1 fully saturated rings. The maximum Gasteiger partial charge on any atom is 0.311 e. The Kier molecular flexibility index (Phi) is 6.89. The summed E-state index contributed by atoms with van der Waals surface area (Å²) < 4.78 is 15.4. The quantitative estimate of drug-likeness (QED) is 0.641. The predicted octanol–water partition coefficient (Wildman–Crippen LogP) is 1.54. The highest BCUT2D eigenvalue weighted by atomic mass is 16.5. The Bertz CT molecular complexity index is 831. The van der Waals surface area contributed by atoms with Crippen molar-refractivity contribution in [1.82, 2.24) is 10.2 Å². The summed E-state index contributed by atoms with van der Waals surface area (Å²) >= 11 is 0. The van der Waals surface area contributed by atoms with Gasteiger partial charge in [-0.15, -0.1) is 0 Å². The van der Waals surface area contributed by atoms with Crippen LogP contribution in [0.1, 0.15) is 17.7 Å². The molecule has 0 bridgehead atoms. The molecule has 0 unspecified atom stereocenters. The second kappa shape index (κ2) is 9.77. The third-order valence-corrected chi connectivity index (χ3v) is 4.72. The monoisotopic (exact) mass is 400 g/mol. The zero-order valence-electron chi connectivity index (χ0n) is 16.3.